The Balaban J connectivity index is 0.000000188. The Labute approximate surface area is 172 Å². The number of carbonyl (C=O) groups excluding carboxylic acids is 1. The summed E-state index contributed by atoms with van der Waals surface area (Å²) in [7, 11) is 0. The van der Waals surface area contributed by atoms with Gasteiger partial charge in [-0.25, -0.2) is 0 Å². The molecule has 0 bridgehead atoms. The van der Waals surface area contributed by atoms with Crippen LogP contribution in [0.4, 0.5) is 0 Å². The van der Waals surface area contributed by atoms with Crippen LogP contribution < -0.4 is 0 Å². The molecule has 0 N–H and O–H groups in total. The summed E-state index contributed by atoms with van der Waals surface area (Å²) in [6.45, 7) is 14.4. The first-order chi connectivity index (χ1) is 13.2. The molecule has 1 aromatic rings. The second-order valence-corrected chi connectivity index (χ2v) is 10.2. The zero-order valence-corrected chi connectivity index (χ0v) is 18.8. The summed E-state index contributed by atoms with van der Waals surface area (Å²) in [5.74, 6) is 2.60. The smallest absolute Gasteiger partial charge is 0.223 e. The van der Waals surface area contributed by atoms with Gasteiger partial charge in [0.15, 0.2) is 0 Å². The quantitative estimate of drug-likeness (QED) is 0.562. The average Bonchev–Trinajstić information content (AvgIpc) is 3.13. The van der Waals surface area contributed by atoms with Crippen molar-refractivity contribution in [3.8, 4) is 0 Å². The summed E-state index contributed by atoms with van der Waals surface area (Å²) < 4.78 is 0. The lowest BCUT2D eigenvalue weighted by atomic mass is 9.77. The van der Waals surface area contributed by atoms with Crippen LogP contribution in [-0.4, -0.2) is 17.4 Å². The molecule has 1 amide bonds. The minimum Gasteiger partial charge on any atom is -0.318 e. The average molecular weight is 382 g/mol. The molecule has 154 valence electrons. The van der Waals surface area contributed by atoms with Gasteiger partial charge in [-0.15, -0.1) is 0 Å². The second-order valence-electron chi connectivity index (χ2n) is 10.2. The van der Waals surface area contributed by atoms with Crippen molar-refractivity contribution < 1.29 is 4.79 Å². The minimum absolute atomic E-state index is 0.141. The Morgan fingerprint density at radius 3 is 2.25 bits per heavy atom. The standard InChI is InChI=1S/C16H21NO.C10H18/c1-3-4-8-15-11-17(13(2)18)12-16(15)14-9-6-5-7-10-14;1-7-5-9(2,3)10(4)6-8(7)10/h5-7,9-11,16H,3-4,8,12H2,1-2H3;7-8H,5-6H2,1-4H3. The van der Waals surface area contributed by atoms with Crippen LogP contribution in [-0.2, 0) is 4.79 Å². The third-order valence-electron chi connectivity index (χ3n) is 7.94. The van der Waals surface area contributed by atoms with Crippen molar-refractivity contribution >= 4 is 5.91 Å². The van der Waals surface area contributed by atoms with Crippen molar-refractivity contribution in [2.45, 2.75) is 79.6 Å². The first kappa shape index (κ1) is 21.1. The van der Waals surface area contributed by atoms with Crippen LogP contribution in [0.1, 0.15) is 85.1 Å². The van der Waals surface area contributed by atoms with Crippen LogP contribution >= 0.6 is 0 Å². The number of nitrogens with zero attached hydrogens (tertiary/aromatic N) is 1. The van der Waals surface area contributed by atoms with Crippen molar-refractivity contribution in [1.82, 2.24) is 4.90 Å². The van der Waals surface area contributed by atoms with E-state index < -0.39 is 0 Å². The molecule has 4 atom stereocenters. The molecule has 2 heteroatoms. The lowest BCUT2D eigenvalue weighted by Crippen LogP contribution is -2.22. The number of unbranched alkanes of at least 4 members (excludes halogenated alkanes) is 1. The minimum atomic E-state index is 0.141. The molecule has 0 saturated heterocycles. The van der Waals surface area contributed by atoms with Crippen molar-refractivity contribution in [2.75, 3.05) is 6.54 Å². The first-order valence-corrected chi connectivity index (χ1v) is 11.2. The predicted octanol–water partition coefficient (Wildman–Crippen LogP) is 6.79. The molecule has 0 aromatic heterocycles. The van der Waals surface area contributed by atoms with Crippen molar-refractivity contribution in [1.29, 1.82) is 0 Å². The van der Waals surface area contributed by atoms with E-state index in [2.05, 4.69) is 65.1 Å². The maximum absolute atomic E-state index is 11.5. The van der Waals surface area contributed by atoms with Crippen molar-refractivity contribution in [3.05, 3.63) is 47.7 Å². The van der Waals surface area contributed by atoms with Gasteiger partial charge in [0, 0.05) is 25.6 Å². The van der Waals surface area contributed by atoms with Crippen LogP contribution in [0.15, 0.2) is 42.1 Å². The summed E-state index contributed by atoms with van der Waals surface area (Å²) in [6.07, 6.45) is 8.50. The van der Waals surface area contributed by atoms with E-state index >= 15 is 0 Å². The second kappa shape index (κ2) is 8.05. The number of carbonyl (C=O) groups is 1. The Kier molecular flexibility index (Phi) is 6.08. The molecule has 3 aliphatic rings. The van der Waals surface area contributed by atoms with E-state index in [9.17, 15) is 4.79 Å². The summed E-state index contributed by atoms with van der Waals surface area (Å²) in [5, 5.41) is 0. The van der Waals surface area contributed by atoms with E-state index in [1.807, 2.05) is 11.0 Å². The van der Waals surface area contributed by atoms with Crippen LogP contribution in [0.25, 0.3) is 0 Å². The highest BCUT2D eigenvalue weighted by molar-refractivity contribution is 5.75. The van der Waals surface area contributed by atoms with Crippen molar-refractivity contribution in [3.63, 3.8) is 0 Å². The van der Waals surface area contributed by atoms with Crippen LogP contribution in [0.5, 0.6) is 0 Å². The lowest BCUT2D eigenvalue weighted by Gasteiger charge is -2.27. The summed E-state index contributed by atoms with van der Waals surface area (Å²) in [5.41, 5.74) is 4.09. The lowest BCUT2D eigenvalue weighted by molar-refractivity contribution is -0.126. The molecule has 28 heavy (non-hydrogen) atoms. The highest BCUT2D eigenvalue weighted by Crippen LogP contribution is 2.73. The van der Waals surface area contributed by atoms with Gasteiger partial charge in [0.25, 0.3) is 0 Å². The highest BCUT2D eigenvalue weighted by atomic mass is 16.2. The van der Waals surface area contributed by atoms with E-state index in [0.29, 0.717) is 11.3 Å². The summed E-state index contributed by atoms with van der Waals surface area (Å²) >= 11 is 0. The molecular weight excluding hydrogens is 342 g/mol. The van der Waals surface area contributed by atoms with Gasteiger partial charge in [0.05, 0.1) is 0 Å². The number of fused-ring (bicyclic) bond motifs is 1. The van der Waals surface area contributed by atoms with Crippen LogP contribution in [0.2, 0.25) is 0 Å². The Morgan fingerprint density at radius 2 is 1.82 bits per heavy atom. The van der Waals surface area contributed by atoms with Gasteiger partial charge in [0.2, 0.25) is 5.91 Å². The number of hydrogen-bond donors (Lipinski definition) is 0. The van der Waals surface area contributed by atoms with E-state index in [4.69, 9.17) is 0 Å². The molecule has 4 unspecified atom stereocenters. The summed E-state index contributed by atoms with van der Waals surface area (Å²) in [6, 6.07) is 10.5. The maximum atomic E-state index is 11.5. The van der Waals surface area contributed by atoms with Gasteiger partial charge in [0.1, 0.15) is 0 Å². The van der Waals surface area contributed by atoms with Gasteiger partial charge in [-0.2, -0.15) is 0 Å². The fourth-order valence-corrected chi connectivity index (χ4v) is 5.69. The Hall–Kier alpha value is -1.57. The predicted molar refractivity (Wildman–Crippen MR) is 118 cm³/mol. The topological polar surface area (TPSA) is 20.3 Å². The molecular formula is C26H39NO. The van der Waals surface area contributed by atoms with Gasteiger partial charge in [-0.05, 0) is 59.5 Å². The summed E-state index contributed by atoms with van der Waals surface area (Å²) in [4.78, 5) is 13.4. The first-order valence-electron chi connectivity index (χ1n) is 11.2. The van der Waals surface area contributed by atoms with Crippen molar-refractivity contribution in [2.24, 2.45) is 22.7 Å². The normalized spacial score (nSPS) is 32.3. The van der Waals surface area contributed by atoms with E-state index in [1.165, 1.54) is 36.8 Å². The Bertz CT molecular complexity index is 716. The fraction of sp³-hybridized carbons (Fsp3) is 0.654. The SMILES string of the molecule is CC1CC(C)(C)C2(C)CC12.CCCCC1=CN(C(C)=O)CC1c1ccccc1. The van der Waals surface area contributed by atoms with E-state index in [0.717, 1.165) is 30.2 Å². The molecule has 2 aliphatic carbocycles. The van der Waals surface area contributed by atoms with E-state index in [-0.39, 0.29) is 5.91 Å². The molecule has 2 saturated carbocycles. The highest BCUT2D eigenvalue weighted by Gasteiger charge is 2.65. The molecule has 1 aromatic carbocycles. The monoisotopic (exact) mass is 381 g/mol. The number of rotatable bonds is 4. The third-order valence-corrected chi connectivity index (χ3v) is 7.94. The number of hydrogen-bond acceptors (Lipinski definition) is 1. The number of benzene rings is 1. The maximum Gasteiger partial charge on any atom is 0.223 e. The third kappa shape index (κ3) is 4.07. The molecule has 1 heterocycles. The van der Waals surface area contributed by atoms with Crippen LogP contribution in [0, 0.1) is 22.7 Å². The molecule has 2 fully saturated rings. The van der Waals surface area contributed by atoms with Gasteiger partial charge in [-0.1, -0.05) is 71.4 Å². The molecule has 0 radical (unpaired) electrons. The Morgan fingerprint density at radius 1 is 1.14 bits per heavy atom. The van der Waals surface area contributed by atoms with Gasteiger partial charge >= 0.3 is 0 Å². The molecule has 2 nitrogen and oxygen atoms in total. The van der Waals surface area contributed by atoms with Crippen LogP contribution in [0.3, 0.4) is 0 Å². The zero-order chi connectivity index (χ0) is 20.5. The van der Waals surface area contributed by atoms with E-state index in [1.54, 1.807) is 6.92 Å². The zero-order valence-electron chi connectivity index (χ0n) is 18.8. The van der Waals surface area contributed by atoms with Gasteiger partial charge in [-0.3, -0.25) is 4.79 Å². The fourth-order valence-electron chi connectivity index (χ4n) is 5.69. The number of amides is 1. The molecule has 0 spiro atoms. The largest absolute Gasteiger partial charge is 0.318 e. The van der Waals surface area contributed by atoms with Gasteiger partial charge < -0.3 is 4.90 Å². The molecule has 4 rings (SSSR count). The molecule has 1 aliphatic heterocycles.